The SMILES string of the molecule is COc1cc(OC)c(C(C)C)cc1-c1nnc2n1-c1cc(NCCN3CCOCC3)ccc1CC2. The molecule has 1 aromatic heterocycles. The van der Waals surface area contributed by atoms with Crippen LogP contribution in [0, 0.1) is 0 Å². The molecule has 186 valence electrons. The molecule has 35 heavy (non-hydrogen) atoms. The number of methoxy groups -OCH3 is 2. The van der Waals surface area contributed by atoms with Gasteiger partial charge in [-0.15, -0.1) is 10.2 Å². The van der Waals surface area contributed by atoms with E-state index in [0.29, 0.717) is 5.92 Å². The Bertz CT molecular complexity index is 1180. The molecule has 1 saturated heterocycles. The zero-order chi connectivity index (χ0) is 24.4. The minimum Gasteiger partial charge on any atom is -0.496 e. The second-order valence-corrected chi connectivity index (χ2v) is 9.45. The highest BCUT2D eigenvalue weighted by Crippen LogP contribution is 2.40. The van der Waals surface area contributed by atoms with E-state index in [0.717, 1.165) is 97.9 Å². The normalized spacial score (nSPS) is 15.6. The van der Waals surface area contributed by atoms with Crippen LogP contribution >= 0.6 is 0 Å². The molecule has 0 atom stereocenters. The van der Waals surface area contributed by atoms with Crippen LogP contribution in [0.15, 0.2) is 30.3 Å². The fraction of sp³-hybridized carbons (Fsp3) is 0.481. The summed E-state index contributed by atoms with van der Waals surface area (Å²) >= 11 is 0. The Kier molecular flexibility index (Phi) is 6.92. The smallest absolute Gasteiger partial charge is 0.172 e. The van der Waals surface area contributed by atoms with Crippen molar-refractivity contribution in [3.63, 3.8) is 0 Å². The number of aromatic nitrogens is 3. The molecule has 3 heterocycles. The number of aryl methyl sites for hydroxylation is 2. The molecular weight excluding hydrogens is 442 g/mol. The Hall–Kier alpha value is -3.10. The fourth-order valence-corrected chi connectivity index (χ4v) is 4.98. The van der Waals surface area contributed by atoms with Crippen molar-refractivity contribution < 1.29 is 14.2 Å². The van der Waals surface area contributed by atoms with Gasteiger partial charge in [0, 0.05) is 44.4 Å². The van der Waals surface area contributed by atoms with E-state index in [2.05, 4.69) is 63.1 Å². The molecule has 5 rings (SSSR count). The van der Waals surface area contributed by atoms with Crippen molar-refractivity contribution in [1.82, 2.24) is 19.7 Å². The van der Waals surface area contributed by atoms with Crippen LogP contribution in [-0.2, 0) is 17.6 Å². The summed E-state index contributed by atoms with van der Waals surface area (Å²) in [5, 5.41) is 12.8. The van der Waals surface area contributed by atoms with Gasteiger partial charge in [-0.3, -0.25) is 9.47 Å². The molecule has 1 N–H and O–H groups in total. The fourth-order valence-electron chi connectivity index (χ4n) is 4.98. The number of hydrogen-bond donors (Lipinski definition) is 1. The van der Waals surface area contributed by atoms with Crippen molar-refractivity contribution >= 4 is 5.69 Å². The van der Waals surface area contributed by atoms with Crippen LogP contribution in [0.2, 0.25) is 0 Å². The molecule has 1 fully saturated rings. The largest absolute Gasteiger partial charge is 0.496 e. The summed E-state index contributed by atoms with van der Waals surface area (Å²) in [4.78, 5) is 2.44. The monoisotopic (exact) mass is 477 g/mol. The molecule has 8 heteroatoms. The molecule has 0 radical (unpaired) electrons. The van der Waals surface area contributed by atoms with Crippen LogP contribution in [0.4, 0.5) is 5.69 Å². The molecule has 2 aromatic carbocycles. The first-order valence-electron chi connectivity index (χ1n) is 12.5. The lowest BCUT2D eigenvalue weighted by Gasteiger charge is -2.27. The first-order valence-corrected chi connectivity index (χ1v) is 12.5. The molecule has 8 nitrogen and oxygen atoms in total. The van der Waals surface area contributed by atoms with Crippen LogP contribution in [0.1, 0.15) is 36.7 Å². The topological polar surface area (TPSA) is 73.7 Å². The zero-order valence-corrected chi connectivity index (χ0v) is 21.1. The summed E-state index contributed by atoms with van der Waals surface area (Å²) in [5.74, 6) is 3.63. The van der Waals surface area contributed by atoms with E-state index in [-0.39, 0.29) is 0 Å². The van der Waals surface area contributed by atoms with Gasteiger partial charge in [0.25, 0.3) is 0 Å². The van der Waals surface area contributed by atoms with Gasteiger partial charge in [0.2, 0.25) is 0 Å². The van der Waals surface area contributed by atoms with Crippen LogP contribution in [0.5, 0.6) is 11.5 Å². The number of morpholine rings is 1. The molecule has 0 bridgehead atoms. The third-order valence-electron chi connectivity index (χ3n) is 6.95. The second-order valence-electron chi connectivity index (χ2n) is 9.45. The van der Waals surface area contributed by atoms with Gasteiger partial charge >= 0.3 is 0 Å². The number of fused-ring (bicyclic) bond motifs is 3. The van der Waals surface area contributed by atoms with E-state index in [9.17, 15) is 0 Å². The van der Waals surface area contributed by atoms with E-state index in [1.165, 1.54) is 5.56 Å². The molecule has 0 unspecified atom stereocenters. The van der Waals surface area contributed by atoms with E-state index in [4.69, 9.17) is 14.2 Å². The lowest BCUT2D eigenvalue weighted by atomic mass is 9.97. The molecular formula is C27H35N5O3. The maximum absolute atomic E-state index is 5.77. The number of rotatable bonds is 8. The number of ether oxygens (including phenoxy) is 3. The highest BCUT2D eigenvalue weighted by Gasteiger charge is 2.26. The Balaban J connectivity index is 1.48. The van der Waals surface area contributed by atoms with Gasteiger partial charge < -0.3 is 19.5 Å². The zero-order valence-electron chi connectivity index (χ0n) is 21.1. The van der Waals surface area contributed by atoms with Crippen LogP contribution < -0.4 is 14.8 Å². The number of anilines is 1. The third kappa shape index (κ3) is 4.73. The van der Waals surface area contributed by atoms with Gasteiger partial charge in [-0.1, -0.05) is 19.9 Å². The van der Waals surface area contributed by atoms with E-state index in [1.807, 2.05) is 6.07 Å². The maximum Gasteiger partial charge on any atom is 0.172 e. The van der Waals surface area contributed by atoms with Crippen molar-refractivity contribution in [3.8, 4) is 28.6 Å². The number of benzene rings is 2. The number of nitrogens with one attached hydrogen (secondary N) is 1. The molecule has 0 aliphatic carbocycles. The lowest BCUT2D eigenvalue weighted by Crippen LogP contribution is -2.39. The second kappa shape index (κ2) is 10.3. The predicted molar refractivity (Wildman–Crippen MR) is 137 cm³/mol. The molecule has 2 aliphatic rings. The van der Waals surface area contributed by atoms with E-state index in [1.54, 1.807) is 14.2 Å². The highest BCUT2D eigenvalue weighted by molar-refractivity contribution is 5.71. The van der Waals surface area contributed by atoms with E-state index < -0.39 is 0 Å². The first-order chi connectivity index (χ1) is 17.1. The van der Waals surface area contributed by atoms with Crippen LogP contribution in [0.3, 0.4) is 0 Å². The molecule has 0 spiro atoms. The third-order valence-corrected chi connectivity index (χ3v) is 6.95. The van der Waals surface area contributed by atoms with Gasteiger partial charge in [0.15, 0.2) is 5.82 Å². The van der Waals surface area contributed by atoms with Crippen molar-refractivity contribution in [3.05, 3.63) is 47.3 Å². The lowest BCUT2D eigenvalue weighted by molar-refractivity contribution is 0.0398. The summed E-state index contributed by atoms with van der Waals surface area (Å²) in [6.45, 7) is 9.88. The molecule has 2 aliphatic heterocycles. The average Bonchev–Trinajstić information content (AvgIpc) is 3.33. The quantitative estimate of drug-likeness (QED) is 0.527. The van der Waals surface area contributed by atoms with Crippen LogP contribution in [0.25, 0.3) is 17.1 Å². The van der Waals surface area contributed by atoms with Crippen molar-refractivity contribution in [2.45, 2.75) is 32.6 Å². The maximum atomic E-state index is 5.77. The minimum absolute atomic E-state index is 0.299. The van der Waals surface area contributed by atoms with Crippen molar-refractivity contribution in [1.29, 1.82) is 0 Å². The standard InChI is InChI=1S/C27H35N5O3/c1-18(2)21-16-22(25(34-4)17-24(21)33-3)27-30-29-26-8-6-19-5-7-20(15-23(19)32(26)27)28-9-10-31-11-13-35-14-12-31/h5,7,15-18,28H,6,8-14H2,1-4H3. The van der Waals surface area contributed by atoms with Crippen molar-refractivity contribution in [2.24, 2.45) is 0 Å². The number of hydrogen-bond acceptors (Lipinski definition) is 7. The summed E-state index contributed by atoms with van der Waals surface area (Å²) in [6, 6.07) is 10.7. The van der Waals surface area contributed by atoms with Crippen molar-refractivity contribution in [2.75, 3.05) is 58.9 Å². The van der Waals surface area contributed by atoms with Gasteiger partial charge in [0.05, 0.1) is 38.7 Å². The molecule has 3 aromatic rings. The Morgan fingerprint density at radius 3 is 2.54 bits per heavy atom. The first kappa shape index (κ1) is 23.6. The average molecular weight is 478 g/mol. The summed E-state index contributed by atoms with van der Waals surface area (Å²) < 4.78 is 19.1. The summed E-state index contributed by atoms with van der Waals surface area (Å²) in [7, 11) is 3.38. The predicted octanol–water partition coefficient (Wildman–Crippen LogP) is 3.92. The Morgan fingerprint density at radius 2 is 1.80 bits per heavy atom. The van der Waals surface area contributed by atoms with E-state index >= 15 is 0 Å². The summed E-state index contributed by atoms with van der Waals surface area (Å²) in [5.41, 5.74) is 5.58. The minimum atomic E-state index is 0.299. The van der Waals surface area contributed by atoms with Gasteiger partial charge in [0.1, 0.15) is 17.3 Å². The Morgan fingerprint density at radius 1 is 1.00 bits per heavy atom. The van der Waals surface area contributed by atoms with Gasteiger partial charge in [-0.25, -0.2) is 0 Å². The van der Waals surface area contributed by atoms with Gasteiger partial charge in [-0.05, 0) is 41.7 Å². The summed E-state index contributed by atoms with van der Waals surface area (Å²) in [6.07, 6.45) is 1.82. The molecule has 0 amide bonds. The molecule has 0 saturated carbocycles. The highest BCUT2D eigenvalue weighted by atomic mass is 16.5. The van der Waals surface area contributed by atoms with Crippen LogP contribution in [-0.4, -0.2) is 73.3 Å². The number of nitrogens with zero attached hydrogens (tertiary/aromatic N) is 4. The Labute approximate surface area is 207 Å². The van der Waals surface area contributed by atoms with Gasteiger partial charge in [-0.2, -0.15) is 0 Å².